The normalized spacial score (nSPS) is 15.0. The SMILES string of the molecule is C=Cc1cccc(C(C)(N)CC)c1. The topological polar surface area (TPSA) is 26.0 Å². The van der Waals surface area contributed by atoms with Crippen molar-refractivity contribution in [2.45, 2.75) is 25.8 Å². The summed E-state index contributed by atoms with van der Waals surface area (Å²) in [6.07, 6.45) is 2.78. The van der Waals surface area contributed by atoms with Crippen molar-refractivity contribution in [3.8, 4) is 0 Å². The molecule has 0 bridgehead atoms. The molecule has 0 fully saturated rings. The fraction of sp³-hybridized carbons (Fsp3) is 0.333. The third kappa shape index (κ3) is 2.19. The van der Waals surface area contributed by atoms with Crippen LogP contribution in [0.25, 0.3) is 6.08 Å². The van der Waals surface area contributed by atoms with E-state index >= 15 is 0 Å². The Morgan fingerprint density at radius 3 is 2.77 bits per heavy atom. The highest BCUT2D eigenvalue weighted by Gasteiger charge is 2.17. The lowest BCUT2D eigenvalue weighted by atomic mass is 9.89. The van der Waals surface area contributed by atoms with Gasteiger partial charge in [0.05, 0.1) is 0 Å². The Balaban J connectivity index is 3.08. The van der Waals surface area contributed by atoms with Gasteiger partial charge in [0.15, 0.2) is 0 Å². The smallest absolute Gasteiger partial charge is 0.0378 e. The number of rotatable bonds is 3. The van der Waals surface area contributed by atoms with E-state index < -0.39 is 0 Å². The minimum atomic E-state index is -0.223. The summed E-state index contributed by atoms with van der Waals surface area (Å²) < 4.78 is 0. The first kappa shape index (κ1) is 10.0. The van der Waals surface area contributed by atoms with E-state index in [1.807, 2.05) is 18.2 Å². The zero-order valence-electron chi connectivity index (χ0n) is 8.38. The lowest BCUT2D eigenvalue weighted by Gasteiger charge is -2.23. The Morgan fingerprint density at radius 1 is 1.54 bits per heavy atom. The van der Waals surface area contributed by atoms with E-state index in [1.165, 1.54) is 5.56 Å². The molecule has 0 aromatic heterocycles. The molecule has 0 saturated heterocycles. The largest absolute Gasteiger partial charge is 0.322 e. The highest BCUT2D eigenvalue weighted by atomic mass is 14.7. The van der Waals surface area contributed by atoms with Gasteiger partial charge in [-0.2, -0.15) is 0 Å². The second-order valence-corrected chi connectivity index (χ2v) is 3.60. The van der Waals surface area contributed by atoms with Crippen molar-refractivity contribution in [3.63, 3.8) is 0 Å². The van der Waals surface area contributed by atoms with Crippen LogP contribution in [0.4, 0.5) is 0 Å². The lowest BCUT2D eigenvalue weighted by molar-refractivity contribution is 0.476. The van der Waals surface area contributed by atoms with Crippen molar-refractivity contribution in [1.82, 2.24) is 0 Å². The maximum absolute atomic E-state index is 6.13. The average molecular weight is 175 g/mol. The quantitative estimate of drug-likeness (QED) is 0.751. The van der Waals surface area contributed by atoms with E-state index in [4.69, 9.17) is 5.73 Å². The predicted octanol–water partition coefficient (Wildman–Crippen LogP) is 2.91. The highest BCUT2D eigenvalue weighted by Crippen LogP contribution is 2.22. The molecular formula is C12H17N. The minimum Gasteiger partial charge on any atom is -0.322 e. The van der Waals surface area contributed by atoms with Crippen molar-refractivity contribution in [1.29, 1.82) is 0 Å². The molecular weight excluding hydrogens is 158 g/mol. The fourth-order valence-corrected chi connectivity index (χ4v) is 1.23. The maximum atomic E-state index is 6.13. The Bertz CT molecular complexity index is 300. The molecule has 1 nitrogen and oxygen atoms in total. The molecule has 1 rings (SSSR count). The molecule has 0 aliphatic heterocycles. The Labute approximate surface area is 80.3 Å². The molecule has 1 aromatic carbocycles. The molecule has 0 saturated carbocycles. The maximum Gasteiger partial charge on any atom is 0.0378 e. The lowest BCUT2D eigenvalue weighted by Crippen LogP contribution is -2.31. The van der Waals surface area contributed by atoms with E-state index in [0.717, 1.165) is 12.0 Å². The summed E-state index contributed by atoms with van der Waals surface area (Å²) in [4.78, 5) is 0. The molecule has 1 aromatic rings. The van der Waals surface area contributed by atoms with Gasteiger partial charge in [-0.1, -0.05) is 37.8 Å². The van der Waals surface area contributed by atoms with Crippen LogP contribution in [-0.2, 0) is 5.54 Å². The molecule has 70 valence electrons. The van der Waals surface area contributed by atoms with Crippen LogP contribution in [0, 0.1) is 0 Å². The van der Waals surface area contributed by atoms with Crippen LogP contribution in [0.2, 0.25) is 0 Å². The number of benzene rings is 1. The van der Waals surface area contributed by atoms with Crippen LogP contribution in [-0.4, -0.2) is 0 Å². The summed E-state index contributed by atoms with van der Waals surface area (Å²) in [6, 6.07) is 8.21. The van der Waals surface area contributed by atoms with Crippen molar-refractivity contribution in [2.75, 3.05) is 0 Å². The molecule has 1 heteroatoms. The van der Waals surface area contributed by atoms with Crippen LogP contribution in [0.15, 0.2) is 30.8 Å². The first-order chi connectivity index (χ1) is 6.10. The predicted molar refractivity (Wildman–Crippen MR) is 58.4 cm³/mol. The van der Waals surface area contributed by atoms with Gasteiger partial charge in [0.2, 0.25) is 0 Å². The average Bonchev–Trinajstić information content (AvgIpc) is 2.18. The molecule has 1 unspecified atom stereocenters. The first-order valence-corrected chi connectivity index (χ1v) is 4.62. The summed E-state index contributed by atoms with van der Waals surface area (Å²) >= 11 is 0. The van der Waals surface area contributed by atoms with E-state index in [-0.39, 0.29) is 5.54 Å². The van der Waals surface area contributed by atoms with Gasteiger partial charge in [-0.25, -0.2) is 0 Å². The van der Waals surface area contributed by atoms with Crippen LogP contribution in [0.3, 0.4) is 0 Å². The van der Waals surface area contributed by atoms with Gasteiger partial charge in [0, 0.05) is 5.54 Å². The molecule has 0 aliphatic rings. The standard InChI is InChI=1S/C12H17N/c1-4-10-7-6-8-11(9-10)12(3,13)5-2/h4,6-9H,1,5,13H2,2-3H3. The van der Waals surface area contributed by atoms with Crippen LogP contribution >= 0.6 is 0 Å². The third-order valence-corrected chi connectivity index (χ3v) is 2.52. The van der Waals surface area contributed by atoms with E-state index in [2.05, 4.69) is 32.6 Å². The van der Waals surface area contributed by atoms with Gasteiger partial charge in [-0.15, -0.1) is 0 Å². The molecule has 0 heterocycles. The first-order valence-electron chi connectivity index (χ1n) is 4.62. The zero-order chi connectivity index (χ0) is 9.90. The van der Waals surface area contributed by atoms with Crippen molar-refractivity contribution < 1.29 is 0 Å². The fourth-order valence-electron chi connectivity index (χ4n) is 1.23. The summed E-state index contributed by atoms with van der Waals surface area (Å²) in [5.41, 5.74) is 8.20. The summed E-state index contributed by atoms with van der Waals surface area (Å²) in [5.74, 6) is 0. The molecule has 0 aliphatic carbocycles. The summed E-state index contributed by atoms with van der Waals surface area (Å²) in [5, 5.41) is 0. The minimum absolute atomic E-state index is 0.223. The van der Waals surface area contributed by atoms with E-state index in [1.54, 1.807) is 0 Å². The van der Waals surface area contributed by atoms with Gasteiger partial charge < -0.3 is 5.73 Å². The number of hydrogen-bond acceptors (Lipinski definition) is 1. The molecule has 2 N–H and O–H groups in total. The molecule has 0 spiro atoms. The van der Waals surface area contributed by atoms with Crippen LogP contribution in [0.5, 0.6) is 0 Å². The molecule has 0 amide bonds. The Hall–Kier alpha value is -1.08. The molecule has 1 atom stereocenters. The van der Waals surface area contributed by atoms with Gasteiger partial charge in [0.25, 0.3) is 0 Å². The second kappa shape index (κ2) is 3.75. The molecule has 0 radical (unpaired) electrons. The summed E-state index contributed by atoms with van der Waals surface area (Å²) in [6.45, 7) is 7.89. The number of hydrogen-bond donors (Lipinski definition) is 1. The molecule has 13 heavy (non-hydrogen) atoms. The summed E-state index contributed by atoms with van der Waals surface area (Å²) in [7, 11) is 0. The van der Waals surface area contributed by atoms with Crippen molar-refractivity contribution in [3.05, 3.63) is 42.0 Å². The van der Waals surface area contributed by atoms with E-state index in [0.29, 0.717) is 0 Å². The van der Waals surface area contributed by atoms with Gasteiger partial charge in [-0.3, -0.25) is 0 Å². The van der Waals surface area contributed by atoms with Gasteiger partial charge >= 0.3 is 0 Å². The van der Waals surface area contributed by atoms with Crippen molar-refractivity contribution >= 4 is 6.08 Å². The number of nitrogens with two attached hydrogens (primary N) is 1. The highest BCUT2D eigenvalue weighted by molar-refractivity contribution is 5.48. The Morgan fingerprint density at radius 2 is 2.23 bits per heavy atom. The monoisotopic (exact) mass is 175 g/mol. The van der Waals surface area contributed by atoms with Gasteiger partial charge in [-0.05, 0) is 30.5 Å². The van der Waals surface area contributed by atoms with Crippen LogP contribution in [0.1, 0.15) is 31.4 Å². The Kier molecular flexibility index (Phi) is 2.89. The third-order valence-electron chi connectivity index (χ3n) is 2.52. The van der Waals surface area contributed by atoms with Crippen molar-refractivity contribution in [2.24, 2.45) is 5.73 Å². The zero-order valence-corrected chi connectivity index (χ0v) is 8.38. The second-order valence-electron chi connectivity index (χ2n) is 3.60. The van der Waals surface area contributed by atoms with Gasteiger partial charge in [0.1, 0.15) is 0 Å². The van der Waals surface area contributed by atoms with Crippen LogP contribution < -0.4 is 5.73 Å². The van der Waals surface area contributed by atoms with E-state index in [9.17, 15) is 0 Å².